The number of carbonyl (C=O) groups excluding carboxylic acids is 1. The molecule has 0 saturated heterocycles. The summed E-state index contributed by atoms with van der Waals surface area (Å²) < 4.78 is 0.954. The molecule has 0 aromatic heterocycles. The fourth-order valence-electron chi connectivity index (χ4n) is 2.42. The minimum atomic E-state index is 0.135. The first-order chi connectivity index (χ1) is 10.0. The molecule has 0 aliphatic carbocycles. The van der Waals surface area contributed by atoms with Crippen molar-refractivity contribution >= 4 is 21.8 Å². The number of amides is 1. The molecule has 118 valence electrons. The third kappa shape index (κ3) is 5.44. The van der Waals surface area contributed by atoms with Gasteiger partial charge in [0.25, 0.3) is 5.91 Å². The Labute approximate surface area is 137 Å². The van der Waals surface area contributed by atoms with Crippen LogP contribution >= 0.6 is 15.9 Å². The smallest absolute Gasteiger partial charge is 0.254 e. The number of carbonyl (C=O) groups is 1. The number of nitrogens with zero attached hydrogens (tertiary/aromatic N) is 2. The molecule has 21 heavy (non-hydrogen) atoms. The van der Waals surface area contributed by atoms with Gasteiger partial charge in [-0.1, -0.05) is 35.8 Å². The molecule has 3 nitrogen and oxygen atoms in total. The molecule has 0 heterocycles. The van der Waals surface area contributed by atoms with E-state index in [0.717, 1.165) is 54.7 Å². The van der Waals surface area contributed by atoms with E-state index in [1.807, 2.05) is 36.9 Å². The Morgan fingerprint density at radius 3 is 2.33 bits per heavy atom. The Morgan fingerprint density at radius 2 is 1.76 bits per heavy atom. The highest BCUT2D eigenvalue weighted by atomic mass is 79.9. The van der Waals surface area contributed by atoms with E-state index >= 15 is 0 Å². The molecule has 4 heteroatoms. The van der Waals surface area contributed by atoms with E-state index in [0.29, 0.717) is 0 Å². The Morgan fingerprint density at radius 1 is 1.10 bits per heavy atom. The quantitative estimate of drug-likeness (QED) is 0.705. The standard InChI is InChI=1S/C17H27BrN2O/c1-5-19(6-2)11-8-12-20(7-3)17(21)16-13-15(18)10-9-14(16)4/h9-10,13H,5-8,11-12H2,1-4H3. The summed E-state index contributed by atoms with van der Waals surface area (Å²) >= 11 is 3.45. The van der Waals surface area contributed by atoms with Gasteiger partial charge in [0.1, 0.15) is 0 Å². The lowest BCUT2D eigenvalue weighted by Crippen LogP contribution is -2.34. The first kappa shape index (κ1) is 18.2. The van der Waals surface area contributed by atoms with E-state index in [4.69, 9.17) is 0 Å². The number of halogens is 1. The Balaban J connectivity index is 2.67. The minimum Gasteiger partial charge on any atom is -0.339 e. The van der Waals surface area contributed by atoms with Crippen molar-refractivity contribution in [1.82, 2.24) is 9.80 Å². The van der Waals surface area contributed by atoms with Crippen molar-refractivity contribution in [2.24, 2.45) is 0 Å². The van der Waals surface area contributed by atoms with Crippen LogP contribution in [0.5, 0.6) is 0 Å². The summed E-state index contributed by atoms with van der Waals surface area (Å²) in [6.07, 6.45) is 1.02. The first-order valence-electron chi connectivity index (χ1n) is 7.81. The number of hydrogen-bond acceptors (Lipinski definition) is 2. The van der Waals surface area contributed by atoms with Gasteiger partial charge in [0.2, 0.25) is 0 Å². The fraction of sp³-hybridized carbons (Fsp3) is 0.588. The summed E-state index contributed by atoms with van der Waals surface area (Å²) in [5, 5.41) is 0. The zero-order chi connectivity index (χ0) is 15.8. The minimum absolute atomic E-state index is 0.135. The number of hydrogen-bond donors (Lipinski definition) is 0. The summed E-state index contributed by atoms with van der Waals surface area (Å²) in [4.78, 5) is 17.0. The molecule has 0 spiro atoms. The number of benzene rings is 1. The van der Waals surface area contributed by atoms with Crippen LogP contribution in [0.2, 0.25) is 0 Å². The fourth-order valence-corrected chi connectivity index (χ4v) is 2.78. The lowest BCUT2D eigenvalue weighted by Gasteiger charge is -2.24. The molecule has 0 bridgehead atoms. The Hall–Kier alpha value is -0.870. The molecule has 0 N–H and O–H groups in total. The van der Waals surface area contributed by atoms with Crippen molar-refractivity contribution in [3.8, 4) is 0 Å². The van der Waals surface area contributed by atoms with Crippen molar-refractivity contribution < 1.29 is 4.79 Å². The van der Waals surface area contributed by atoms with Crippen molar-refractivity contribution in [2.75, 3.05) is 32.7 Å². The summed E-state index contributed by atoms with van der Waals surface area (Å²) in [6.45, 7) is 13.2. The lowest BCUT2D eigenvalue weighted by molar-refractivity contribution is 0.0756. The second-order valence-electron chi connectivity index (χ2n) is 5.22. The third-order valence-corrected chi connectivity index (χ3v) is 4.39. The van der Waals surface area contributed by atoms with Gasteiger partial charge in [-0.25, -0.2) is 0 Å². The van der Waals surface area contributed by atoms with E-state index in [2.05, 4.69) is 34.7 Å². The molecule has 0 saturated carbocycles. The van der Waals surface area contributed by atoms with Crippen molar-refractivity contribution in [1.29, 1.82) is 0 Å². The molecule has 0 aliphatic heterocycles. The summed E-state index contributed by atoms with van der Waals surface area (Å²) in [6, 6.07) is 5.88. The van der Waals surface area contributed by atoms with E-state index in [1.54, 1.807) is 0 Å². The average molecular weight is 355 g/mol. The molecule has 1 amide bonds. The van der Waals surface area contributed by atoms with Crippen LogP contribution < -0.4 is 0 Å². The molecular weight excluding hydrogens is 328 g/mol. The maximum atomic E-state index is 12.7. The predicted molar refractivity (Wildman–Crippen MR) is 92.9 cm³/mol. The van der Waals surface area contributed by atoms with E-state index in [9.17, 15) is 4.79 Å². The number of aryl methyl sites for hydroxylation is 1. The van der Waals surface area contributed by atoms with Gasteiger partial charge >= 0.3 is 0 Å². The van der Waals surface area contributed by atoms with E-state index < -0.39 is 0 Å². The maximum absolute atomic E-state index is 12.7. The van der Waals surface area contributed by atoms with Crippen LogP contribution in [0.4, 0.5) is 0 Å². The van der Waals surface area contributed by atoms with Gasteiger partial charge in [0.05, 0.1) is 0 Å². The van der Waals surface area contributed by atoms with Crippen LogP contribution in [-0.4, -0.2) is 48.4 Å². The van der Waals surface area contributed by atoms with Crippen LogP contribution in [0.3, 0.4) is 0 Å². The molecular formula is C17H27BrN2O. The van der Waals surface area contributed by atoms with Crippen LogP contribution in [0.25, 0.3) is 0 Å². The molecule has 0 fully saturated rings. The van der Waals surface area contributed by atoms with Gasteiger partial charge in [0.15, 0.2) is 0 Å². The van der Waals surface area contributed by atoms with E-state index in [1.165, 1.54) is 0 Å². The molecule has 1 rings (SSSR count). The first-order valence-corrected chi connectivity index (χ1v) is 8.60. The molecule has 1 aromatic carbocycles. The molecule has 0 atom stereocenters. The lowest BCUT2D eigenvalue weighted by atomic mass is 10.1. The SMILES string of the molecule is CCN(CC)CCCN(CC)C(=O)c1cc(Br)ccc1C. The monoisotopic (exact) mass is 354 g/mol. The highest BCUT2D eigenvalue weighted by Gasteiger charge is 2.16. The van der Waals surface area contributed by atoms with Crippen LogP contribution in [0.1, 0.15) is 43.1 Å². The molecule has 0 aliphatic rings. The highest BCUT2D eigenvalue weighted by Crippen LogP contribution is 2.18. The third-order valence-electron chi connectivity index (χ3n) is 3.90. The van der Waals surface area contributed by atoms with Crippen LogP contribution in [0.15, 0.2) is 22.7 Å². The van der Waals surface area contributed by atoms with Gasteiger partial charge < -0.3 is 9.80 Å². The van der Waals surface area contributed by atoms with Crippen molar-refractivity contribution in [3.05, 3.63) is 33.8 Å². The molecule has 1 aromatic rings. The molecule has 0 unspecified atom stereocenters. The van der Waals surface area contributed by atoms with Gasteiger partial charge in [0, 0.05) is 23.1 Å². The summed E-state index contributed by atoms with van der Waals surface area (Å²) in [5.74, 6) is 0.135. The summed E-state index contributed by atoms with van der Waals surface area (Å²) in [7, 11) is 0. The van der Waals surface area contributed by atoms with Crippen LogP contribution in [0, 0.1) is 6.92 Å². The number of rotatable bonds is 8. The van der Waals surface area contributed by atoms with Gasteiger partial charge in [-0.15, -0.1) is 0 Å². The highest BCUT2D eigenvalue weighted by molar-refractivity contribution is 9.10. The largest absolute Gasteiger partial charge is 0.339 e. The zero-order valence-corrected chi connectivity index (χ0v) is 15.2. The van der Waals surface area contributed by atoms with Gasteiger partial charge in [-0.05, 0) is 57.6 Å². The average Bonchev–Trinajstić information content (AvgIpc) is 2.49. The second-order valence-corrected chi connectivity index (χ2v) is 6.14. The van der Waals surface area contributed by atoms with Crippen molar-refractivity contribution in [3.63, 3.8) is 0 Å². The van der Waals surface area contributed by atoms with Crippen LogP contribution in [-0.2, 0) is 0 Å². The van der Waals surface area contributed by atoms with Crippen molar-refractivity contribution in [2.45, 2.75) is 34.1 Å². The summed E-state index contributed by atoms with van der Waals surface area (Å²) in [5.41, 5.74) is 1.83. The van der Waals surface area contributed by atoms with Gasteiger partial charge in [-0.3, -0.25) is 4.79 Å². The molecule has 0 radical (unpaired) electrons. The second kappa shape index (κ2) is 9.21. The Bertz CT molecular complexity index is 458. The zero-order valence-electron chi connectivity index (χ0n) is 13.7. The predicted octanol–water partition coefficient (Wildman–Crippen LogP) is 3.95. The van der Waals surface area contributed by atoms with E-state index in [-0.39, 0.29) is 5.91 Å². The Kier molecular flexibility index (Phi) is 7.97. The van der Waals surface area contributed by atoms with Gasteiger partial charge in [-0.2, -0.15) is 0 Å². The topological polar surface area (TPSA) is 23.6 Å². The maximum Gasteiger partial charge on any atom is 0.254 e. The normalized spacial score (nSPS) is 11.0.